The van der Waals surface area contributed by atoms with Crippen molar-refractivity contribution in [2.45, 2.75) is 19.3 Å². The number of halogens is 1. The van der Waals surface area contributed by atoms with Gasteiger partial charge in [-0.25, -0.2) is 4.98 Å². The highest BCUT2D eigenvalue weighted by molar-refractivity contribution is 14.0. The first-order valence-corrected chi connectivity index (χ1v) is 5.59. The molecule has 3 N–H and O–H groups in total. The van der Waals surface area contributed by atoms with E-state index in [0.717, 1.165) is 12.8 Å². The maximum Gasteiger partial charge on any atom is 0.194 e. The van der Waals surface area contributed by atoms with Gasteiger partial charge in [-0.2, -0.15) is 5.26 Å². The van der Waals surface area contributed by atoms with Crippen molar-refractivity contribution in [3.63, 3.8) is 0 Å². The van der Waals surface area contributed by atoms with Crippen molar-refractivity contribution >= 4 is 35.8 Å². The molecule has 0 aromatic carbocycles. The zero-order valence-corrected chi connectivity index (χ0v) is 12.3. The molecule has 0 saturated heterocycles. The van der Waals surface area contributed by atoms with Crippen molar-refractivity contribution in [1.29, 1.82) is 5.26 Å². The molecule has 96 valence electrons. The first-order chi connectivity index (χ1) is 8.24. The molecule has 0 spiro atoms. The summed E-state index contributed by atoms with van der Waals surface area (Å²) in [6.45, 7) is 0.617. The zero-order chi connectivity index (χ0) is 12.1. The number of hydrogen-bond donors (Lipinski definition) is 2. The molecule has 18 heavy (non-hydrogen) atoms. The second-order valence-corrected chi connectivity index (χ2v) is 4.38. The molecule has 1 heterocycles. The molecule has 1 aromatic rings. The number of aromatic nitrogens is 1. The Hall–Kier alpha value is -1.36. The maximum atomic E-state index is 8.69. The summed E-state index contributed by atoms with van der Waals surface area (Å²) in [5, 5.41) is 11.6. The van der Waals surface area contributed by atoms with Crippen LogP contribution in [0.4, 0.5) is 5.82 Å². The van der Waals surface area contributed by atoms with E-state index < -0.39 is 0 Å². The molecule has 6 heteroatoms. The van der Waals surface area contributed by atoms with Gasteiger partial charge in [0.1, 0.15) is 5.82 Å². The fraction of sp³-hybridized carbons (Fsp3) is 0.417. The van der Waals surface area contributed by atoms with Crippen LogP contribution in [0.5, 0.6) is 0 Å². The first-order valence-electron chi connectivity index (χ1n) is 5.59. The van der Waals surface area contributed by atoms with Crippen LogP contribution in [0.25, 0.3) is 0 Å². The van der Waals surface area contributed by atoms with Crippen LogP contribution in [0, 0.1) is 16.7 Å². The highest BCUT2D eigenvalue weighted by Crippen LogP contribution is 2.48. The van der Waals surface area contributed by atoms with E-state index in [1.165, 1.54) is 0 Å². The quantitative estimate of drug-likeness (QED) is 0.491. The van der Waals surface area contributed by atoms with Gasteiger partial charge in [0.25, 0.3) is 0 Å². The molecular formula is C12H16IN5. The van der Waals surface area contributed by atoms with Gasteiger partial charge in [0, 0.05) is 24.6 Å². The molecule has 0 amide bonds. The molecule has 5 nitrogen and oxygen atoms in total. The fourth-order valence-corrected chi connectivity index (χ4v) is 1.60. The van der Waals surface area contributed by atoms with Crippen LogP contribution < -0.4 is 11.1 Å². The summed E-state index contributed by atoms with van der Waals surface area (Å²) in [4.78, 5) is 8.36. The van der Waals surface area contributed by atoms with Crippen molar-refractivity contribution < 1.29 is 0 Å². The number of aliphatic imine (C=N–C) groups is 1. The number of anilines is 1. The van der Waals surface area contributed by atoms with Crippen LogP contribution in [0.2, 0.25) is 0 Å². The van der Waals surface area contributed by atoms with Crippen LogP contribution in [-0.4, -0.2) is 17.5 Å². The standard InChI is InChI=1S/C12H15N5.HI/c13-7-6-12(4-5-12)9-16-11(14)17-10-3-1-2-8-15-10;/h1-3,8H,4-6,9H2,(H3,14,15,16,17);1H. The lowest BCUT2D eigenvalue weighted by molar-refractivity contribution is 0.540. The van der Waals surface area contributed by atoms with Gasteiger partial charge in [-0.1, -0.05) is 6.07 Å². The van der Waals surface area contributed by atoms with Gasteiger partial charge in [-0.3, -0.25) is 4.99 Å². The number of guanidine groups is 1. The zero-order valence-electron chi connectivity index (χ0n) is 9.97. The molecule has 1 aromatic heterocycles. The molecule has 1 fully saturated rings. The van der Waals surface area contributed by atoms with Crippen molar-refractivity contribution in [2.24, 2.45) is 16.1 Å². The molecule has 0 atom stereocenters. The summed E-state index contributed by atoms with van der Waals surface area (Å²) in [5.41, 5.74) is 5.84. The second kappa shape index (κ2) is 6.54. The molecule has 1 saturated carbocycles. The summed E-state index contributed by atoms with van der Waals surface area (Å²) in [5.74, 6) is 1.03. The molecule has 1 aliphatic rings. The lowest BCUT2D eigenvalue weighted by Crippen LogP contribution is -2.24. The van der Waals surface area contributed by atoms with Crippen molar-refractivity contribution in [1.82, 2.24) is 4.98 Å². The van der Waals surface area contributed by atoms with Crippen LogP contribution in [0.3, 0.4) is 0 Å². The van der Waals surface area contributed by atoms with Gasteiger partial charge in [0.2, 0.25) is 0 Å². The predicted molar refractivity (Wildman–Crippen MR) is 81.7 cm³/mol. The third-order valence-corrected chi connectivity index (χ3v) is 2.92. The van der Waals surface area contributed by atoms with Crippen molar-refractivity contribution in [3.05, 3.63) is 24.4 Å². The number of nitriles is 1. The van der Waals surface area contributed by atoms with E-state index in [1.54, 1.807) is 6.20 Å². The van der Waals surface area contributed by atoms with E-state index in [0.29, 0.717) is 24.7 Å². The average molecular weight is 357 g/mol. The number of rotatable bonds is 4. The Morgan fingerprint density at radius 2 is 2.33 bits per heavy atom. The van der Waals surface area contributed by atoms with Gasteiger partial charge >= 0.3 is 0 Å². The highest BCUT2D eigenvalue weighted by Gasteiger charge is 2.42. The number of hydrogen-bond acceptors (Lipinski definition) is 3. The van der Waals surface area contributed by atoms with Crippen LogP contribution in [0.15, 0.2) is 29.4 Å². The molecule has 2 rings (SSSR count). The maximum absolute atomic E-state index is 8.69. The number of nitrogens with zero attached hydrogens (tertiary/aromatic N) is 3. The van der Waals surface area contributed by atoms with E-state index in [4.69, 9.17) is 11.0 Å². The van der Waals surface area contributed by atoms with Crippen LogP contribution >= 0.6 is 24.0 Å². The molecular weight excluding hydrogens is 341 g/mol. The predicted octanol–water partition coefficient (Wildman–Crippen LogP) is 2.12. The molecule has 0 unspecified atom stereocenters. The number of pyridine rings is 1. The lowest BCUT2D eigenvalue weighted by Gasteiger charge is -2.08. The molecule has 0 bridgehead atoms. The van der Waals surface area contributed by atoms with Gasteiger partial charge in [0.05, 0.1) is 6.07 Å². The largest absolute Gasteiger partial charge is 0.370 e. The second-order valence-electron chi connectivity index (χ2n) is 4.38. The van der Waals surface area contributed by atoms with E-state index in [1.807, 2.05) is 18.2 Å². The minimum absolute atomic E-state index is 0. The van der Waals surface area contributed by atoms with Gasteiger partial charge in [0.15, 0.2) is 5.96 Å². The molecule has 0 aliphatic heterocycles. The number of nitrogens with two attached hydrogens (primary N) is 1. The summed E-state index contributed by atoms with van der Waals surface area (Å²) in [6, 6.07) is 7.74. The Morgan fingerprint density at radius 1 is 1.56 bits per heavy atom. The van der Waals surface area contributed by atoms with Gasteiger partial charge in [-0.15, -0.1) is 24.0 Å². The Kier molecular flexibility index (Phi) is 5.34. The monoisotopic (exact) mass is 357 g/mol. The minimum Gasteiger partial charge on any atom is -0.370 e. The van der Waals surface area contributed by atoms with E-state index in [2.05, 4.69) is 21.4 Å². The third kappa shape index (κ3) is 4.14. The Morgan fingerprint density at radius 3 is 2.89 bits per heavy atom. The topological polar surface area (TPSA) is 87.1 Å². The smallest absolute Gasteiger partial charge is 0.194 e. The summed E-state index contributed by atoms with van der Waals surface area (Å²) < 4.78 is 0. The van der Waals surface area contributed by atoms with Gasteiger partial charge < -0.3 is 11.1 Å². The van der Waals surface area contributed by atoms with Crippen LogP contribution in [-0.2, 0) is 0 Å². The number of nitrogens with one attached hydrogen (secondary N) is 1. The summed E-state index contributed by atoms with van der Waals surface area (Å²) >= 11 is 0. The van der Waals surface area contributed by atoms with Gasteiger partial charge in [-0.05, 0) is 25.0 Å². The third-order valence-electron chi connectivity index (χ3n) is 2.92. The minimum atomic E-state index is 0. The molecule has 1 aliphatic carbocycles. The normalized spacial score (nSPS) is 16.3. The Labute approximate surface area is 124 Å². The SMILES string of the molecule is I.N#CCC1(CN=C(N)Nc2ccccn2)CC1. The highest BCUT2D eigenvalue weighted by atomic mass is 127. The average Bonchev–Trinajstić information content (AvgIpc) is 3.09. The van der Waals surface area contributed by atoms with E-state index in [9.17, 15) is 0 Å². The van der Waals surface area contributed by atoms with Crippen molar-refractivity contribution in [3.8, 4) is 6.07 Å². The Bertz CT molecular complexity index is 447. The first kappa shape index (κ1) is 14.7. The molecule has 0 radical (unpaired) electrons. The fourth-order valence-electron chi connectivity index (χ4n) is 1.60. The Balaban J connectivity index is 0.00000162. The van der Waals surface area contributed by atoms with E-state index in [-0.39, 0.29) is 29.4 Å². The summed E-state index contributed by atoms with van der Waals surface area (Å²) in [7, 11) is 0. The summed E-state index contributed by atoms with van der Waals surface area (Å²) in [6.07, 6.45) is 4.39. The van der Waals surface area contributed by atoms with Crippen LogP contribution in [0.1, 0.15) is 19.3 Å². The van der Waals surface area contributed by atoms with E-state index >= 15 is 0 Å². The van der Waals surface area contributed by atoms with Crippen molar-refractivity contribution in [2.75, 3.05) is 11.9 Å². The lowest BCUT2D eigenvalue weighted by atomic mass is 10.0.